The summed E-state index contributed by atoms with van der Waals surface area (Å²) in [5.74, 6) is -0.579. The molecule has 0 saturated carbocycles. The maximum absolute atomic E-state index is 12.9. The van der Waals surface area contributed by atoms with E-state index in [0.717, 1.165) is 22.0 Å². The number of hydrogen-bond donors (Lipinski definition) is 1. The predicted octanol–water partition coefficient (Wildman–Crippen LogP) is 3.24. The van der Waals surface area contributed by atoms with Gasteiger partial charge in [0.05, 0.1) is 5.57 Å². The van der Waals surface area contributed by atoms with Crippen molar-refractivity contribution in [2.75, 3.05) is 7.05 Å². The zero-order valence-electron chi connectivity index (χ0n) is 15.6. The van der Waals surface area contributed by atoms with Gasteiger partial charge in [-0.15, -0.1) is 0 Å². The van der Waals surface area contributed by atoms with Crippen LogP contribution in [0, 0.1) is 0 Å². The zero-order chi connectivity index (χ0) is 19.1. The molecule has 27 heavy (non-hydrogen) atoms. The van der Waals surface area contributed by atoms with Crippen LogP contribution >= 0.6 is 0 Å². The van der Waals surface area contributed by atoms with E-state index < -0.39 is 0 Å². The number of nitrogens with one attached hydrogen (secondary N) is 1. The van der Waals surface area contributed by atoms with Crippen LogP contribution in [0.15, 0.2) is 66.5 Å². The molecule has 0 aliphatic carbocycles. The maximum Gasteiger partial charge on any atom is 0.277 e. The minimum absolute atomic E-state index is 0.102. The normalized spacial score (nSPS) is 15.7. The Morgan fingerprint density at radius 1 is 0.889 bits per heavy atom. The number of hydrogen-bond acceptors (Lipinski definition) is 3. The SMILES string of the molecule is C[C@H](NC1=C(c2cn(C)c3ccccc23)C(=O)N(C)C1=O)c1ccccc1. The van der Waals surface area contributed by atoms with Gasteiger partial charge in [-0.1, -0.05) is 48.5 Å². The molecule has 5 nitrogen and oxygen atoms in total. The highest BCUT2D eigenvalue weighted by Gasteiger charge is 2.38. The Balaban J connectivity index is 1.85. The fraction of sp³-hybridized carbons (Fsp3) is 0.182. The van der Waals surface area contributed by atoms with Crippen LogP contribution in [0.2, 0.25) is 0 Å². The Kier molecular flexibility index (Phi) is 4.07. The molecule has 2 aromatic carbocycles. The topological polar surface area (TPSA) is 54.3 Å². The lowest BCUT2D eigenvalue weighted by Crippen LogP contribution is -2.30. The lowest BCUT2D eigenvalue weighted by atomic mass is 10.0. The Morgan fingerprint density at radius 3 is 2.30 bits per heavy atom. The second-order valence-corrected chi connectivity index (χ2v) is 6.87. The molecule has 3 aromatic rings. The van der Waals surface area contributed by atoms with E-state index >= 15 is 0 Å². The number of aryl methyl sites for hydroxylation is 1. The molecule has 1 N–H and O–H groups in total. The summed E-state index contributed by atoms with van der Waals surface area (Å²) in [7, 11) is 3.47. The van der Waals surface area contributed by atoms with E-state index in [-0.39, 0.29) is 17.9 Å². The van der Waals surface area contributed by atoms with Crippen molar-refractivity contribution in [1.82, 2.24) is 14.8 Å². The van der Waals surface area contributed by atoms with Gasteiger partial charge in [-0.3, -0.25) is 14.5 Å². The monoisotopic (exact) mass is 359 g/mol. The second-order valence-electron chi connectivity index (χ2n) is 6.87. The lowest BCUT2D eigenvalue weighted by molar-refractivity contribution is -0.135. The van der Waals surface area contributed by atoms with E-state index in [9.17, 15) is 9.59 Å². The lowest BCUT2D eigenvalue weighted by Gasteiger charge is -2.16. The predicted molar refractivity (Wildman–Crippen MR) is 106 cm³/mol. The van der Waals surface area contributed by atoms with Gasteiger partial charge in [0.25, 0.3) is 11.8 Å². The van der Waals surface area contributed by atoms with E-state index in [4.69, 9.17) is 0 Å². The number of carbonyl (C=O) groups is 2. The highest BCUT2D eigenvalue weighted by Crippen LogP contribution is 2.34. The molecule has 1 aromatic heterocycles. The average molecular weight is 359 g/mol. The Morgan fingerprint density at radius 2 is 1.56 bits per heavy atom. The van der Waals surface area contributed by atoms with Gasteiger partial charge < -0.3 is 9.88 Å². The fourth-order valence-electron chi connectivity index (χ4n) is 3.61. The van der Waals surface area contributed by atoms with Crippen LogP contribution in [0.3, 0.4) is 0 Å². The summed E-state index contributed by atoms with van der Waals surface area (Å²) in [4.78, 5) is 26.9. The number of carbonyl (C=O) groups excluding carboxylic acids is 2. The molecule has 0 fully saturated rings. The van der Waals surface area contributed by atoms with E-state index in [1.807, 2.05) is 79.3 Å². The first kappa shape index (κ1) is 17.1. The molecule has 1 atom stereocenters. The molecular weight excluding hydrogens is 338 g/mol. The van der Waals surface area contributed by atoms with Crippen molar-refractivity contribution in [3.63, 3.8) is 0 Å². The molecule has 0 saturated heterocycles. The number of nitrogens with zero attached hydrogens (tertiary/aromatic N) is 2. The van der Waals surface area contributed by atoms with Crippen molar-refractivity contribution in [2.24, 2.45) is 7.05 Å². The summed E-state index contributed by atoms with van der Waals surface area (Å²) >= 11 is 0. The van der Waals surface area contributed by atoms with Crippen LogP contribution in [0.1, 0.15) is 24.1 Å². The summed E-state index contributed by atoms with van der Waals surface area (Å²) in [5.41, 5.74) is 3.64. The minimum atomic E-state index is -0.300. The third-order valence-electron chi connectivity index (χ3n) is 5.11. The smallest absolute Gasteiger partial charge is 0.277 e. The molecule has 1 aliphatic heterocycles. The van der Waals surface area contributed by atoms with Crippen LogP contribution in [-0.4, -0.2) is 28.3 Å². The number of fused-ring (bicyclic) bond motifs is 1. The minimum Gasteiger partial charge on any atom is -0.373 e. The molecule has 0 bridgehead atoms. The van der Waals surface area contributed by atoms with Gasteiger partial charge in [0.15, 0.2) is 0 Å². The van der Waals surface area contributed by atoms with E-state index in [2.05, 4.69) is 5.32 Å². The molecule has 0 unspecified atom stereocenters. The van der Waals surface area contributed by atoms with Gasteiger partial charge in [0.2, 0.25) is 0 Å². The fourth-order valence-corrected chi connectivity index (χ4v) is 3.61. The highest BCUT2D eigenvalue weighted by atomic mass is 16.2. The first-order valence-corrected chi connectivity index (χ1v) is 8.91. The van der Waals surface area contributed by atoms with Gasteiger partial charge in [0.1, 0.15) is 5.70 Å². The molecule has 0 radical (unpaired) electrons. The van der Waals surface area contributed by atoms with Crippen molar-refractivity contribution in [2.45, 2.75) is 13.0 Å². The number of amides is 2. The maximum atomic E-state index is 12.9. The van der Waals surface area contributed by atoms with Gasteiger partial charge >= 0.3 is 0 Å². The van der Waals surface area contributed by atoms with E-state index in [0.29, 0.717) is 11.3 Å². The standard InChI is InChI=1S/C22H21N3O2/c1-14(15-9-5-4-6-10-15)23-20-19(21(26)25(3)22(20)27)17-13-24(2)18-12-8-7-11-16(17)18/h4-14,23H,1-3H3/t14-/m0/s1. The molecule has 4 rings (SSSR count). The average Bonchev–Trinajstić information content (AvgIpc) is 3.12. The highest BCUT2D eigenvalue weighted by molar-refractivity contribution is 6.37. The van der Waals surface area contributed by atoms with Gasteiger partial charge in [0, 0.05) is 42.8 Å². The van der Waals surface area contributed by atoms with Gasteiger partial charge in [-0.2, -0.15) is 0 Å². The third-order valence-corrected chi connectivity index (χ3v) is 5.11. The van der Waals surface area contributed by atoms with Crippen molar-refractivity contribution >= 4 is 28.3 Å². The quantitative estimate of drug-likeness (QED) is 0.728. The van der Waals surface area contributed by atoms with Crippen LogP contribution in [0.5, 0.6) is 0 Å². The van der Waals surface area contributed by atoms with E-state index in [1.54, 1.807) is 0 Å². The van der Waals surface area contributed by atoms with Crippen LogP contribution in [0.25, 0.3) is 16.5 Å². The largest absolute Gasteiger partial charge is 0.373 e. The van der Waals surface area contributed by atoms with Gasteiger partial charge in [-0.05, 0) is 18.6 Å². The van der Waals surface area contributed by atoms with Crippen molar-refractivity contribution in [3.05, 3.63) is 77.6 Å². The summed E-state index contributed by atoms with van der Waals surface area (Å²) in [6.45, 7) is 1.99. The zero-order valence-corrected chi connectivity index (χ0v) is 15.6. The first-order chi connectivity index (χ1) is 13.0. The number of likely N-dealkylation sites (N-methyl/N-ethyl adjacent to an activating group) is 1. The van der Waals surface area contributed by atoms with Crippen molar-refractivity contribution in [3.8, 4) is 0 Å². The Hall–Kier alpha value is -3.34. The first-order valence-electron chi connectivity index (χ1n) is 8.91. The molecular formula is C22H21N3O2. The second kappa shape index (κ2) is 6.43. The summed E-state index contributed by atoms with van der Waals surface area (Å²) in [5, 5.41) is 4.24. The number of rotatable bonds is 4. The molecule has 2 heterocycles. The molecule has 5 heteroatoms. The molecule has 136 valence electrons. The Labute approximate surface area is 157 Å². The number of para-hydroxylation sites is 1. The van der Waals surface area contributed by atoms with Gasteiger partial charge in [-0.25, -0.2) is 0 Å². The Bertz CT molecular complexity index is 1080. The summed E-state index contributed by atoms with van der Waals surface area (Å²) in [6, 6.07) is 17.7. The summed E-state index contributed by atoms with van der Waals surface area (Å²) < 4.78 is 1.98. The number of aromatic nitrogens is 1. The number of imide groups is 1. The van der Waals surface area contributed by atoms with Crippen molar-refractivity contribution < 1.29 is 9.59 Å². The molecule has 0 spiro atoms. The van der Waals surface area contributed by atoms with Crippen molar-refractivity contribution in [1.29, 1.82) is 0 Å². The number of benzene rings is 2. The van der Waals surface area contributed by atoms with Crippen LogP contribution in [0.4, 0.5) is 0 Å². The van der Waals surface area contributed by atoms with Crippen LogP contribution < -0.4 is 5.32 Å². The van der Waals surface area contributed by atoms with Crippen LogP contribution in [-0.2, 0) is 16.6 Å². The van der Waals surface area contributed by atoms with E-state index in [1.165, 1.54) is 11.9 Å². The summed E-state index contributed by atoms with van der Waals surface area (Å²) in [6.07, 6.45) is 1.92. The molecule has 2 amide bonds. The third kappa shape index (κ3) is 2.72. The molecule has 1 aliphatic rings.